The molecule has 0 saturated carbocycles. The largest absolute Gasteiger partial charge is 0.464 e. The molecule has 5 rings (SSSR count). The average molecular weight is 364 g/mol. The van der Waals surface area contributed by atoms with E-state index in [-0.39, 0.29) is 0 Å². The minimum absolute atomic E-state index is 0.917. The van der Waals surface area contributed by atoms with Crippen molar-refractivity contribution in [3.05, 3.63) is 102 Å². The lowest BCUT2D eigenvalue weighted by Crippen LogP contribution is -1.95. The van der Waals surface area contributed by atoms with E-state index in [2.05, 4.69) is 83.9 Å². The van der Waals surface area contributed by atoms with E-state index in [9.17, 15) is 0 Å². The van der Waals surface area contributed by atoms with Crippen molar-refractivity contribution in [2.45, 2.75) is 13.3 Å². The fourth-order valence-corrected chi connectivity index (χ4v) is 3.90. The quantitative estimate of drug-likeness (QED) is 0.361. The van der Waals surface area contributed by atoms with Crippen LogP contribution in [0.4, 0.5) is 0 Å². The van der Waals surface area contributed by atoms with Gasteiger partial charge < -0.3 is 4.42 Å². The minimum Gasteiger partial charge on any atom is -0.464 e. The first kappa shape index (κ1) is 16.6. The molecule has 5 aromatic rings. The van der Waals surface area contributed by atoms with Gasteiger partial charge in [0.2, 0.25) is 0 Å². The standard InChI is InChI=1S/C25H20N2O/c1-2-22(18-9-11-24-19(14-18)12-13-28-24)25(17-6-4-3-5-7-17)20-8-10-23-21(15-20)16-26-27-23/h3-16H,2H2,1H3,(H,26,27)/b25-22+. The lowest BCUT2D eigenvalue weighted by molar-refractivity contribution is 0.616. The maximum Gasteiger partial charge on any atom is 0.133 e. The molecule has 0 aliphatic heterocycles. The fraction of sp³-hybridized carbons (Fsp3) is 0.0800. The van der Waals surface area contributed by atoms with Gasteiger partial charge in [-0.2, -0.15) is 5.10 Å². The second kappa shape index (κ2) is 6.86. The van der Waals surface area contributed by atoms with Crippen molar-refractivity contribution >= 4 is 33.0 Å². The van der Waals surface area contributed by atoms with Crippen LogP contribution < -0.4 is 0 Å². The minimum atomic E-state index is 0.917. The second-order valence-electron chi connectivity index (χ2n) is 6.92. The van der Waals surface area contributed by atoms with E-state index < -0.39 is 0 Å². The number of furan rings is 1. The molecule has 0 amide bonds. The van der Waals surface area contributed by atoms with Crippen LogP contribution in [0.5, 0.6) is 0 Å². The molecule has 2 heterocycles. The molecule has 3 aromatic carbocycles. The van der Waals surface area contributed by atoms with Crippen LogP contribution in [0.2, 0.25) is 0 Å². The van der Waals surface area contributed by atoms with E-state index in [1.807, 2.05) is 12.3 Å². The van der Waals surface area contributed by atoms with Crippen LogP contribution in [0.3, 0.4) is 0 Å². The van der Waals surface area contributed by atoms with Crippen LogP contribution in [-0.2, 0) is 0 Å². The van der Waals surface area contributed by atoms with E-state index in [4.69, 9.17) is 4.42 Å². The number of aromatic amines is 1. The Kier molecular flexibility index (Phi) is 4.06. The Labute approximate surface area is 163 Å². The summed E-state index contributed by atoms with van der Waals surface area (Å²) in [6, 6.07) is 25.6. The summed E-state index contributed by atoms with van der Waals surface area (Å²) in [4.78, 5) is 0. The lowest BCUT2D eigenvalue weighted by Gasteiger charge is -2.16. The van der Waals surface area contributed by atoms with Crippen LogP contribution in [0.15, 0.2) is 89.7 Å². The molecule has 1 N–H and O–H groups in total. The van der Waals surface area contributed by atoms with E-state index >= 15 is 0 Å². The van der Waals surface area contributed by atoms with Crippen molar-refractivity contribution in [3.8, 4) is 0 Å². The number of aromatic nitrogens is 2. The highest BCUT2D eigenvalue weighted by Gasteiger charge is 2.14. The van der Waals surface area contributed by atoms with E-state index in [1.165, 1.54) is 27.8 Å². The van der Waals surface area contributed by atoms with Gasteiger partial charge in [-0.1, -0.05) is 49.4 Å². The van der Waals surface area contributed by atoms with Crippen molar-refractivity contribution in [3.63, 3.8) is 0 Å². The number of fused-ring (bicyclic) bond motifs is 2. The molecule has 136 valence electrons. The maximum atomic E-state index is 5.53. The third-order valence-corrected chi connectivity index (χ3v) is 5.25. The van der Waals surface area contributed by atoms with Crippen LogP contribution in [0, 0.1) is 0 Å². The van der Waals surface area contributed by atoms with Crippen molar-refractivity contribution in [1.29, 1.82) is 0 Å². The summed E-state index contributed by atoms with van der Waals surface area (Å²) < 4.78 is 5.53. The van der Waals surface area contributed by atoms with Gasteiger partial charge >= 0.3 is 0 Å². The number of hydrogen-bond donors (Lipinski definition) is 1. The zero-order chi connectivity index (χ0) is 18.9. The van der Waals surface area contributed by atoms with E-state index in [0.29, 0.717) is 0 Å². The Bertz CT molecular complexity index is 1290. The highest BCUT2D eigenvalue weighted by atomic mass is 16.3. The second-order valence-corrected chi connectivity index (χ2v) is 6.92. The van der Waals surface area contributed by atoms with Gasteiger partial charge in [0, 0.05) is 10.8 Å². The summed E-state index contributed by atoms with van der Waals surface area (Å²) in [5.74, 6) is 0. The first-order chi connectivity index (χ1) is 13.8. The van der Waals surface area contributed by atoms with Crippen molar-refractivity contribution in [2.75, 3.05) is 0 Å². The first-order valence-electron chi connectivity index (χ1n) is 9.53. The smallest absolute Gasteiger partial charge is 0.133 e. The molecule has 0 spiro atoms. The van der Waals surface area contributed by atoms with Crippen molar-refractivity contribution < 1.29 is 4.42 Å². The molecular weight excluding hydrogens is 344 g/mol. The highest BCUT2D eigenvalue weighted by Crippen LogP contribution is 2.36. The molecular formula is C25H20N2O. The van der Waals surface area contributed by atoms with Gasteiger partial charge in [0.15, 0.2) is 0 Å². The molecule has 3 nitrogen and oxygen atoms in total. The Hall–Kier alpha value is -3.59. The summed E-state index contributed by atoms with van der Waals surface area (Å²) in [6.07, 6.45) is 4.55. The average Bonchev–Trinajstić information content (AvgIpc) is 3.40. The van der Waals surface area contributed by atoms with Gasteiger partial charge in [0.1, 0.15) is 5.58 Å². The normalized spacial score (nSPS) is 12.5. The van der Waals surface area contributed by atoms with Crippen LogP contribution in [-0.4, -0.2) is 10.2 Å². The maximum absolute atomic E-state index is 5.53. The van der Waals surface area contributed by atoms with Crippen LogP contribution in [0.25, 0.3) is 33.0 Å². The summed E-state index contributed by atoms with van der Waals surface area (Å²) in [5, 5.41) is 9.46. The molecule has 28 heavy (non-hydrogen) atoms. The number of rotatable bonds is 4. The first-order valence-corrected chi connectivity index (χ1v) is 9.53. The number of nitrogens with zero attached hydrogens (tertiary/aromatic N) is 1. The number of H-pyrrole nitrogens is 1. The molecule has 0 bridgehead atoms. The zero-order valence-electron chi connectivity index (χ0n) is 15.6. The summed E-state index contributed by atoms with van der Waals surface area (Å²) in [6.45, 7) is 2.22. The highest BCUT2D eigenvalue weighted by molar-refractivity contribution is 6.01. The number of nitrogens with one attached hydrogen (secondary N) is 1. The van der Waals surface area contributed by atoms with Gasteiger partial charge in [0.05, 0.1) is 18.0 Å². The van der Waals surface area contributed by atoms with E-state index in [0.717, 1.165) is 28.3 Å². The Balaban J connectivity index is 1.79. The molecule has 3 heteroatoms. The van der Waals surface area contributed by atoms with Gasteiger partial charge in [-0.3, -0.25) is 5.10 Å². The topological polar surface area (TPSA) is 41.8 Å². The lowest BCUT2D eigenvalue weighted by atomic mass is 9.87. The Morgan fingerprint density at radius 3 is 2.54 bits per heavy atom. The SMILES string of the molecule is CC/C(=C(/c1ccccc1)c1ccc2[nH]ncc2c1)c1ccc2occc2c1. The van der Waals surface area contributed by atoms with E-state index in [1.54, 1.807) is 6.26 Å². The molecule has 0 radical (unpaired) electrons. The molecule has 0 unspecified atom stereocenters. The predicted molar refractivity (Wildman–Crippen MR) is 115 cm³/mol. The van der Waals surface area contributed by atoms with Gasteiger partial charge in [-0.25, -0.2) is 0 Å². The molecule has 0 saturated heterocycles. The monoisotopic (exact) mass is 364 g/mol. The predicted octanol–water partition coefficient (Wildman–Crippen LogP) is 6.68. The van der Waals surface area contributed by atoms with Crippen molar-refractivity contribution in [2.24, 2.45) is 0 Å². The third kappa shape index (κ3) is 2.81. The molecule has 0 aliphatic rings. The summed E-state index contributed by atoms with van der Waals surface area (Å²) in [5.41, 5.74) is 8.18. The van der Waals surface area contributed by atoms with Gasteiger partial charge in [-0.05, 0) is 64.6 Å². The zero-order valence-corrected chi connectivity index (χ0v) is 15.6. The Morgan fingerprint density at radius 2 is 1.68 bits per heavy atom. The summed E-state index contributed by atoms with van der Waals surface area (Å²) in [7, 11) is 0. The fourth-order valence-electron chi connectivity index (χ4n) is 3.90. The summed E-state index contributed by atoms with van der Waals surface area (Å²) >= 11 is 0. The number of allylic oxidation sites excluding steroid dienone is 1. The Morgan fingerprint density at radius 1 is 0.857 bits per heavy atom. The molecule has 0 atom stereocenters. The van der Waals surface area contributed by atoms with Gasteiger partial charge in [-0.15, -0.1) is 0 Å². The molecule has 0 fully saturated rings. The van der Waals surface area contributed by atoms with Crippen LogP contribution in [0.1, 0.15) is 30.0 Å². The number of benzene rings is 3. The van der Waals surface area contributed by atoms with Gasteiger partial charge in [0.25, 0.3) is 0 Å². The molecule has 0 aliphatic carbocycles. The molecule has 2 aromatic heterocycles. The van der Waals surface area contributed by atoms with Crippen LogP contribution >= 0.6 is 0 Å². The number of hydrogen-bond acceptors (Lipinski definition) is 2. The third-order valence-electron chi connectivity index (χ3n) is 5.25. The van der Waals surface area contributed by atoms with Crippen molar-refractivity contribution in [1.82, 2.24) is 10.2 Å².